The fourth-order valence-electron chi connectivity index (χ4n) is 3.69. The Bertz CT molecular complexity index is 815. The number of benzene rings is 1. The largest absolute Gasteiger partial charge is 0.341 e. The molecule has 1 aromatic carbocycles. The molecule has 7 heteroatoms. The van der Waals surface area contributed by atoms with E-state index >= 15 is 0 Å². The van der Waals surface area contributed by atoms with E-state index in [0.717, 1.165) is 24.2 Å². The molecule has 1 aliphatic heterocycles. The fourth-order valence-corrected chi connectivity index (χ4v) is 3.69. The number of amides is 2. The molecular formula is C20H25N5O2. The van der Waals surface area contributed by atoms with E-state index < -0.39 is 0 Å². The second-order valence-electron chi connectivity index (χ2n) is 7.43. The Labute approximate surface area is 158 Å². The number of rotatable bonds is 4. The van der Waals surface area contributed by atoms with Crippen LogP contribution in [0.5, 0.6) is 0 Å². The smallest absolute Gasteiger partial charge is 0.227 e. The molecule has 1 unspecified atom stereocenters. The van der Waals surface area contributed by atoms with Gasteiger partial charge in [0.2, 0.25) is 11.8 Å². The number of hydrogen-bond donors (Lipinski definition) is 1. The molecule has 1 atom stereocenters. The third kappa shape index (κ3) is 4.02. The van der Waals surface area contributed by atoms with Gasteiger partial charge < -0.3 is 9.80 Å². The Kier molecular flexibility index (Phi) is 4.92. The van der Waals surface area contributed by atoms with Gasteiger partial charge in [-0.3, -0.25) is 14.7 Å². The summed E-state index contributed by atoms with van der Waals surface area (Å²) >= 11 is 0. The number of carbonyl (C=O) groups is 2. The molecule has 2 fully saturated rings. The summed E-state index contributed by atoms with van der Waals surface area (Å²) in [6, 6.07) is 9.55. The first kappa shape index (κ1) is 17.7. The molecule has 142 valence electrons. The molecule has 0 radical (unpaired) electrons. The fraction of sp³-hybridized carbons (Fsp3) is 0.500. The van der Waals surface area contributed by atoms with E-state index in [1.165, 1.54) is 0 Å². The minimum absolute atomic E-state index is 0.0503. The summed E-state index contributed by atoms with van der Waals surface area (Å²) in [4.78, 5) is 33.8. The van der Waals surface area contributed by atoms with Crippen LogP contribution in [0.4, 0.5) is 0 Å². The number of aromatic nitrogens is 3. The third-order valence-electron chi connectivity index (χ3n) is 5.33. The van der Waals surface area contributed by atoms with E-state index in [9.17, 15) is 9.59 Å². The molecule has 0 spiro atoms. The summed E-state index contributed by atoms with van der Waals surface area (Å²) in [5.74, 6) is 1.85. The lowest BCUT2D eigenvalue weighted by Crippen LogP contribution is -2.39. The lowest BCUT2D eigenvalue weighted by molar-refractivity contribution is -0.135. The van der Waals surface area contributed by atoms with Crippen LogP contribution in [-0.2, 0) is 16.0 Å². The number of nitrogens with one attached hydrogen (secondary N) is 1. The normalized spacial score (nSPS) is 20.4. The first-order valence-corrected chi connectivity index (χ1v) is 9.63. The molecule has 7 nitrogen and oxygen atoms in total. The number of H-pyrrole nitrogens is 1. The van der Waals surface area contributed by atoms with Crippen molar-refractivity contribution >= 4 is 11.8 Å². The van der Waals surface area contributed by atoms with Crippen molar-refractivity contribution < 1.29 is 9.59 Å². The van der Waals surface area contributed by atoms with Crippen LogP contribution in [-0.4, -0.2) is 56.4 Å². The van der Waals surface area contributed by atoms with Gasteiger partial charge >= 0.3 is 0 Å². The molecule has 1 aromatic heterocycles. The highest BCUT2D eigenvalue weighted by Gasteiger charge is 2.37. The Balaban J connectivity index is 1.54. The molecule has 1 saturated carbocycles. The number of carbonyl (C=O) groups excluding carboxylic acids is 2. The molecule has 4 rings (SSSR count). The van der Waals surface area contributed by atoms with Crippen molar-refractivity contribution in [2.45, 2.75) is 38.6 Å². The van der Waals surface area contributed by atoms with Gasteiger partial charge in [-0.2, -0.15) is 5.10 Å². The standard InChI is InChI=1S/C20H25N5O2/c1-14-21-19(23-22-14)17-9-10-24(20(27)16-7-8-16)11-12-25(17)18(26)13-15-5-3-2-4-6-15/h2-6,16-17H,7-13H2,1H3,(H,21,22,23). The average Bonchev–Trinajstić information content (AvgIpc) is 3.46. The lowest BCUT2D eigenvalue weighted by Gasteiger charge is -2.27. The van der Waals surface area contributed by atoms with Crippen molar-refractivity contribution in [1.29, 1.82) is 0 Å². The van der Waals surface area contributed by atoms with Crippen molar-refractivity contribution in [3.63, 3.8) is 0 Å². The van der Waals surface area contributed by atoms with Crippen LogP contribution in [0.25, 0.3) is 0 Å². The van der Waals surface area contributed by atoms with E-state index in [2.05, 4.69) is 15.2 Å². The molecular weight excluding hydrogens is 342 g/mol. The second kappa shape index (κ2) is 7.50. The van der Waals surface area contributed by atoms with Crippen molar-refractivity contribution in [2.75, 3.05) is 19.6 Å². The van der Waals surface area contributed by atoms with Crippen LogP contribution in [0.2, 0.25) is 0 Å². The Morgan fingerprint density at radius 3 is 2.56 bits per heavy atom. The van der Waals surface area contributed by atoms with E-state index in [1.807, 2.05) is 47.1 Å². The van der Waals surface area contributed by atoms with Crippen LogP contribution in [0.3, 0.4) is 0 Å². The molecule has 1 N–H and O–H groups in total. The first-order valence-electron chi connectivity index (χ1n) is 9.63. The van der Waals surface area contributed by atoms with Gasteiger partial charge in [0.25, 0.3) is 0 Å². The average molecular weight is 367 g/mol. The van der Waals surface area contributed by atoms with Crippen LogP contribution >= 0.6 is 0 Å². The Morgan fingerprint density at radius 1 is 1.11 bits per heavy atom. The highest BCUT2D eigenvalue weighted by atomic mass is 16.2. The topological polar surface area (TPSA) is 82.2 Å². The van der Waals surface area contributed by atoms with E-state index in [4.69, 9.17) is 0 Å². The maximum absolute atomic E-state index is 13.1. The predicted octanol–water partition coefficient (Wildman–Crippen LogP) is 1.87. The molecule has 2 aromatic rings. The summed E-state index contributed by atoms with van der Waals surface area (Å²) in [6.45, 7) is 3.59. The first-order chi connectivity index (χ1) is 13.1. The molecule has 2 amide bonds. The molecule has 1 aliphatic carbocycles. The lowest BCUT2D eigenvalue weighted by atomic mass is 10.1. The van der Waals surface area contributed by atoms with E-state index in [1.54, 1.807) is 0 Å². The summed E-state index contributed by atoms with van der Waals surface area (Å²) < 4.78 is 0. The van der Waals surface area contributed by atoms with Crippen LogP contribution in [0, 0.1) is 12.8 Å². The highest BCUT2D eigenvalue weighted by molar-refractivity contribution is 5.82. The summed E-state index contributed by atoms with van der Waals surface area (Å²) in [5, 5.41) is 7.18. The molecule has 1 saturated heterocycles. The van der Waals surface area contributed by atoms with Crippen LogP contribution in [0.1, 0.15) is 42.5 Å². The summed E-state index contributed by atoms with van der Waals surface area (Å²) in [6.07, 6.45) is 3.00. The predicted molar refractivity (Wildman–Crippen MR) is 99.6 cm³/mol. The van der Waals surface area contributed by atoms with E-state index in [0.29, 0.717) is 38.3 Å². The minimum Gasteiger partial charge on any atom is -0.341 e. The van der Waals surface area contributed by atoms with Crippen molar-refractivity contribution in [1.82, 2.24) is 25.0 Å². The number of aryl methyl sites for hydroxylation is 1. The van der Waals surface area contributed by atoms with Gasteiger partial charge in [-0.15, -0.1) is 0 Å². The van der Waals surface area contributed by atoms with Gasteiger partial charge in [-0.05, 0) is 31.7 Å². The Morgan fingerprint density at radius 2 is 1.89 bits per heavy atom. The minimum atomic E-state index is -0.205. The van der Waals surface area contributed by atoms with Gasteiger partial charge in [0.05, 0.1) is 12.5 Å². The van der Waals surface area contributed by atoms with Crippen molar-refractivity contribution in [3.8, 4) is 0 Å². The van der Waals surface area contributed by atoms with E-state index in [-0.39, 0.29) is 23.8 Å². The van der Waals surface area contributed by atoms with Gasteiger partial charge in [0.15, 0.2) is 5.82 Å². The molecule has 27 heavy (non-hydrogen) atoms. The quantitative estimate of drug-likeness (QED) is 0.894. The number of nitrogens with zero attached hydrogens (tertiary/aromatic N) is 4. The van der Waals surface area contributed by atoms with Gasteiger partial charge in [-0.1, -0.05) is 30.3 Å². The maximum atomic E-state index is 13.1. The zero-order chi connectivity index (χ0) is 18.8. The van der Waals surface area contributed by atoms with Gasteiger partial charge in [0, 0.05) is 25.6 Å². The number of aromatic amines is 1. The van der Waals surface area contributed by atoms with Crippen molar-refractivity contribution in [2.24, 2.45) is 5.92 Å². The van der Waals surface area contributed by atoms with Crippen LogP contribution in [0.15, 0.2) is 30.3 Å². The summed E-state index contributed by atoms with van der Waals surface area (Å²) in [5.41, 5.74) is 0.988. The zero-order valence-corrected chi connectivity index (χ0v) is 15.6. The highest BCUT2D eigenvalue weighted by Crippen LogP contribution is 2.33. The Hall–Kier alpha value is -2.70. The maximum Gasteiger partial charge on any atom is 0.227 e. The van der Waals surface area contributed by atoms with Gasteiger partial charge in [0.1, 0.15) is 5.82 Å². The number of hydrogen-bond acceptors (Lipinski definition) is 4. The summed E-state index contributed by atoms with van der Waals surface area (Å²) in [7, 11) is 0. The molecule has 2 aliphatic rings. The van der Waals surface area contributed by atoms with Gasteiger partial charge in [-0.25, -0.2) is 4.98 Å². The third-order valence-corrected chi connectivity index (χ3v) is 5.33. The zero-order valence-electron chi connectivity index (χ0n) is 15.6. The van der Waals surface area contributed by atoms with Crippen LogP contribution < -0.4 is 0 Å². The molecule has 2 heterocycles. The SMILES string of the molecule is Cc1nc(C2CCN(C(=O)C3CC3)CCN2C(=O)Cc2ccccc2)n[nH]1. The molecule has 0 bridgehead atoms. The van der Waals surface area contributed by atoms with Crippen molar-refractivity contribution in [3.05, 3.63) is 47.5 Å². The second-order valence-corrected chi connectivity index (χ2v) is 7.43. The monoisotopic (exact) mass is 367 g/mol.